The average molecular weight is 768 g/mol. The lowest BCUT2D eigenvalue weighted by molar-refractivity contribution is -0.140. The van der Waals surface area contributed by atoms with E-state index in [0.29, 0.717) is 37.4 Å². The quantitative estimate of drug-likeness (QED) is 0.0340. The SMILES string of the molecule is C=C.C=C(/C=C\C=C/C)C(CNC)/C(C)=C/C=C\C.C\C=C/C=C\C=C(/C)C(=O)CCCC(=O)N(CC)[C@@H](Cc1ccccc1)C(=O)NCCCCC(C)C=O. The van der Waals surface area contributed by atoms with E-state index in [-0.39, 0.29) is 36.4 Å². The van der Waals surface area contributed by atoms with Crippen molar-refractivity contribution < 1.29 is 19.2 Å². The molecular formula is C49H73N3O4. The Morgan fingerprint density at radius 3 is 2.07 bits per heavy atom. The Balaban J connectivity index is 0. The van der Waals surface area contributed by atoms with Gasteiger partial charge in [-0.1, -0.05) is 129 Å². The molecule has 7 heteroatoms. The fourth-order valence-corrected chi connectivity index (χ4v) is 5.51. The van der Waals surface area contributed by atoms with Crippen LogP contribution >= 0.6 is 0 Å². The van der Waals surface area contributed by atoms with E-state index in [4.69, 9.17) is 0 Å². The van der Waals surface area contributed by atoms with Crippen LogP contribution in [-0.4, -0.2) is 61.5 Å². The molecule has 0 aliphatic heterocycles. The molecule has 2 unspecified atom stereocenters. The number of carbonyl (C=O) groups is 4. The fraction of sp³-hybridized carbons (Fsp3) is 0.429. The zero-order valence-corrected chi connectivity index (χ0v) is 35.9. The maximum absolute atomic E-state index is 13.2. The number of unbranched alkanes of at least 4 members (excludes halogenated alkanes) is 1. The minimum atomic E-state index is -0.622. The first-order valence-corrected chi connectivity index (χ1v) is 20.0. The Bertz CT molecular complexity index is 1480. The van der Waals surface area contributed by atoms with Crippen molar-refractivity contribution in [1.82, 2.24) is 15.5 Å². The second-order valence-electron chi connectivity index (χ2n) is 13.3. The van der Waals surface area contributed by atoms with Gasteiger partial charge in [-0.2, -0.15) is 0 Å². The van der Waals surface area contributed by atoms with E-state index in [2.05, 4.69) is 55.5 Å². The second kappa shape index (κ2) is 35.8. The molecule has 2 N–H and O–H groups in total. The zero-order chi connectivity index (χ0) is 42.6. The van der Waals surface area contributed by atoms with E-state index < -0.39 is 6.04 Å². The van der Waals surface area contributed by atoms with Crippen LogP contribution in [-0.2, 0) is 25.6 Å². The lowest BCUT2D eigenvalue weighted by Crippen LogP contribution is -2.51. The molecule has 7 nitrogen and oxygen atoms in total. The van der Waals surface area contributed by atoms with Crippen LogP contribution in [0.25, 0.3) is 0 Å². The lowest BCUT2D eigenvalue weighted by Gasteiger charge is -2.30. The van der Waals surface area contributed by atoms with E-state index in [1.807, 2.05) is 121 Å². The molecule has 56 heavy (non-hydrogen) atoms. The molecule has 1 aromatic rings. The van der Waals surface area contributed by atoms with E-state index in [9.17, 15) is 19.2 Å². The highest BCUT2D eigenvalue weighted by atomic mass is 16.2. The maximum Gasteiger partial charge on any atom is 0.243 e. The van der Waals surface area contributed by atoms with Crippen molar-refractivity contribution in [2.24, 2.45) is 11.8 Å². The number of hydrogen-bond acceptors (Lipinski definition) is 5. The summed E-state index contributed by atoms with van der Waals surface area (Å²) >= 11 is 0. The molecule has 0 aliphatic carbocycles. The van der Waals surface area contributed by atoms with Crippen LogP contribution in [0.2, 0.25) is 0 Å². The minimum absolute atomic E-state index is 0.0171. The Morgan fingerprint density at radius 1 is 0.839 bits per heavy atom. The predicted octanol–water partition coefficient (Wildman–Crippen LogP) is 10.2. The number of nitrogens with one attached hydrogen (secondary N) is 2. The zero-order valence-electron chi connectivity index (χ0n) is 35.9. The van der Waals surface area contributed by atoms with Gasteiger partial charge >= 0.3 is 0 Å². The van der Waals surface area contributed by atoms with Crippen LogP contribution in [0.1, 0.15) is 92.6 Å². The fourth-order valence-electron chi connectivity index (χ4n) is 5.51. The molecule has 1 aromatic carbocycles. The van der Waals surface area contributed by atoms with Crippen LogP contribution in [0.15, 0.2) is 140 Å². The second-order valence-corrected chi connectivity index (χ2v) is 13.3. The normalized spacial score (nSPS) is 13.6. The number of likely N-dealkylation sites (N-methyl/N-ethyl adjacent to an activating group) is 1. The summed E-state index contributed by atoms with van der Waals surface area (Å²) in [5.74, 6) is 0.0998. The Labute approximate surface area is 340 Å². The minimum Gasteiger partial charge on any atom is -0.354 e. The molecule has 0 radical (unpaired) electrons. The van der Waals surface area contributed by atoms with Crippen LogP contribution in [0.5, 0.6) is 0 Å². The molecule has 0 aromatic heterocycles. The topological polar surface area (TPSA) is 95.6 Å². The average Bonchev–Trinajstić information content (AvgIpc) is 3.21. The van der Waals surface area contributed by atoms with Gasteiger partial charge in [-0.05, 0) is 84.6 Å². The number of aldehydes is 1. The van der Waals surface area contributed by atoms with Crippen molar-refractivity contribution in [1.29, 1.82) is 0 Å². The van der Waals surface area contributed by atoms with Crippen LogP contribution in [0.3, 0.4) is 0 Å². The van der Waals surface area contributed by atoms with Crippen molar-refractivity contribution in [3.8, 4) is 0 Å². The number of allylic oxidation sites excluding steroid dienone is 13. The van der Waals surface area contributed by atoms with Crippen molar-refractivity contribution >= 4 is 23.9 Å². The summed E-state index contributed by atoms with van der Waals surface area (Å²) in [7, 11) is 1.97. The third-order valence-electron chi connectivity index (χ3n) is 8.80. The highest BCUT2D eigenvalue weighted by Gasteiger charge is 2.28. The van der Waals surface area contributed by atoms with Crippen molar-refractivity contribution in [2.75, 3.05) is 26.7 Å². The highest BCUT2D eigenvalue weighted by Crippen LogP contribution is 2.20. The van der Waals surface area contributed by atoms with Crippen molar-refractivity contribution in [3.05, 3.63) is 145 Å². The summed E-state index contributed by atoms with van der Waals surface area (Å²) in [6, 6.07) is 9.06. The van der Waals surface area contributed by atoms with Gasteiger partial charge in [-0.15, -0.1) is 13.2 Å². The molecule has 0 saturated carbocycles. The first-order chi connectivity index (χ1) is 27.0. The van der Waals surface area contributed by atoms with Gasteiger partial charge in [0.1, 0.15) is 12.3 Å². The highest BCUT2D eigenvalue weighted by molar-refractivity contribution is 5.95. The van der Waals surface area contributed by atoms with Gasteiger partial charge < -0.3 is 20.3 Å². The summed E-state index contributed by atoms with van der Waals surface area (Å²) in [5, 5.41) is 6.21. The summed E-state index contributed by atoms with van der Waals surface area (Å²) in [6.45, 7) is 25.6. The lowest BCUT2D eigenvalue weighted by atomic mass is 9.92. The summed E-state index contributed by atoms with van der Waals surface area (Å²) in [4.78, 5) is 51.2. The van der Waals surface area contributed by atoms with E-state index in [0.717, 1.165) is 43.2 Å². The summed E-state index contributed by atoms with van der Waals surface area (Å²) in [5.41, 5.74) is 4.10. The standard InChI is InChI=1S/C31H44N2O4.C16H25N.C2H4/c1-5-7-8-10-17-26(4)29(35)20-15-21-30(36)33(6-2)28(23-27-18-11-9-12-19-27)31(37)32-22-14-13-16-25(3)24-34;1-6-8-10-12-15(4)16(13-17-5)14(3)11-9-7-2;1-2/h5,7-12,17-19,24-25,28H,6,13-16,20-23H2,1-4H3,(H,32,37);6-12,16-17H,4,13H2,1-3,5H3;1-2H2/b7-5-,10-8-,26-17+;8-6-,9-7-,12-10-,14-11+;/t25?,28-;;/m0../s1. The van der Waals surface area contributed by atoms with E-state index >= 15 is 0 Å². The van der Waals surface area contributed by atoms with Gasteiger partial charge in [0.25, 0.3) is 0 Å². The number of hydrogen-bond donors (Lipinski definition) is 2. The monoisotopic (exact) mass is 768 g/mol. The largest absolute Gasteiger partial charge is 0.354 e. The number of benzene rings is 1. The number of rotatable bonds is 25. The molecule has 0 bridgehead atoms. The number of carbonyl (C=O) groups excluding carboxylic acids is 4. The molecular weight excluding hydrogens is 695 g/mol. The molecule has 0 spiro atoms. The molecule has 0 aliphatic rings. The van der Waals surface area contributed by atoms with Crippen LogP contribution in [0, 0.1) is 11.8 Å². The predicted molar refractivity (Wildman–Crippen MR) is 240 cm³/mol. The maximum atomic E-state index is 13.2. The van der Waals surface area contributed by atoms with Gasteiger partial charge in [0.2, 0.25) is 11.8 Å². The third kappa shape index (κ3) is 25.2. The van der Waals surface area contributed by atoms with E-state index in [1.54, 1.807) is 17.9 Å². The van der Waals surface area contributed by atoms with Crippen molar-refractivity contribution in [3.63, 3.8) is 0 Å². The number of Topliss-reactive ketones (excluding diaryl/α,β-unsaturated/α-hetero) is 1. The Kier molecular flexibility index (Phi) is 34.0. The van der Waals surface area contributed by atoms with Gasteiger partial charge in [0.05, 0.1) is 0 Å². The smallest absolute Gasteiger partial charge is 0.243 e. The van der Waals surface area contributed by atoms with Gasteiger partial charge in [0, 0.05) is 50.7 Å². The van der Waals surface area contributed by atoms with Crippen LogP contribution < -0.4 is 10.6 Å². The summed E-state index contributed by atoms with van der Waals surface area (Å²) in [6.07, 6.45) is 28.4. The van der Waals surface area contributed by atoms with Gasteiger partial charge in [-0.3, -0.25) is 14.4 Å². The Hall–Kier alpha value is -4.88. The van der Waals surface area contributed by atoms with Crippen LogP contribution in [0.4, 0.5) is 0 Å². The molecule has 1 rings (SSSR count). The van der Waals surface area contributed by atoms with Gasteiger partial charge in [-0.25, -0.2) is 0 Å². The third-order valence-corrected chi connectivity index (χ3v) is 8.80. The van der Waals surface area contributed by atoms with Gasteiger partial charge in [0.15, 0.2) is 5.78 Å². The molecule has 2 amide bonds. The van der Waals surface area contributed by atoms with E-state index in [1.165, 1.54) is 5.57 Å². The first-order valence-electron chi connectivity index (χ1n) is 20.0. The molecule has 0 saturated heterocycles. The molecule has 0 fully saturated rings. The molecule has 0 heterocycles. The number of nitrogens with zero attached hydrogens (tertiary/aromatic N) is 1. The molecule has 308 valence electrons. The first kappa shape index (κ1) is 53.2. The van der Waals surface area contributed by atoms with Crippen molar-refractivity contribution in [2.45, 2.75) is 99.5 Å². The Morgan fingerprint density at radius 2 is 1.48 bits per heavy atom. The number of ketones is 1. The summed E-state index contributed by atoms with van der Waals surface area (Å²) < 4.78 is 0. The molecule has 3 atom stereocenters. The number of amides is 2.